The highest BCUT2D eigenvalue weighted by Gasteiger charge is 2.10. The Morgan fingerprint density at radius 1 is 0.952 bits per heavy atom. The minimum absolute atomic E-state index is 0.127. The summed E-state index contributed by atoms with van der Waals surface area (Å²) in [5.41, 5.74) is 2.10. The van der Waals surface area contributed by atoms with Crippen LogP contribution in [0.1, 0.15) is 24.2 Å². The summed E-state index contributed by atoms with van der Waals surface area (Å²) in [4.78, 5) is 0. The molecule has 0 saturated heterocycles. The van der Waals surface area contributed by atoms with Crippen LogP contribution in [0, 0.1) is 6.92 Å². The molecule has 1 N–H and O–H groups in total. The van der Waals surface area contributed by atoms with Crippen molar-refractivity contribution in [1.29, 1.82) is 0 Å². The average molecular weight is 298 g/mol. The third kappa shape index (κ3) is 2.83. The Balaban J connectivity index is 1.95. The van der Waals surface area contributed by atoms with E-state index in [9.17, 15) is 0 Å². The van der Waals surface area contributed by atoms with Crippen LogP contribution in [-0.2, 0) is 0 Å². The number of halogens is 1. The molecule has 3 rings (SSSR count). The van der Waals surface area contributed by atoms with Gasteiger partial charge in [-0.1, -0.05) is 48.0 Å². The van der Waals surface area contributed by atoms with Crippen molar-refractivity contribution in [2.45, 2.75) is 19.9 Å². The average Bonchev–Trinajstić information content (AvgIpc) is 2.51. The maximum atomic E-state index is 5.93. The molecule has 3 nitrogen and oxygen atoms in total. The van der Waals surface area contributed by atoms with E-state index in [0.29, 0.717) is 0 Å². The molecule has 0 bridgehead atoms. The first-order valence-corrected chi connectivity index (χ1v) is 7.27. The minimum atomic E-state index is 0.127. The van der Waals surface area contributed by atoms with E-state index in [2.05, 4.69) is 34.6 Å². The van der Waals surface area contributed by atoms with Crippen molar-refractivity contribution in [3.63, 3.8) is 0 Å². The predicted octanol–water partition coefficient (Wildman–Crippen LogP) is 4.76. The van der Waals surface area contributed by atoms with Gasteiger partial charge < -0.3 is 5.32 Å². The molecule has 1 aromatic heterocycles. The van der Waals surface area contributed by atoms with Gasteiger partial charge >= 0.3 is 0 Å². The summed E-state index contributed by atoms with van der Waals surface area (Å²) < 4.78 is 0. The van der Waals surface area contributed by atoms with Crippen molar-refractivity contribution < 1.29 is 0 Å². The molecule has 0 fully saturated rings. The summed E-state index contributed by atoms with van der Waals surface area (Å²) in [6.07, 6.45) is 0. The van der Waals surface area contributed by atoms with E-state index in [1.807, 2.05) is 43.3 Å². The van der Waals surface area contributed by atoms with E-state index >= 15 is 0 Å². The number of rotatable bonds is 3. The number of fused-ring (bicyclic) bond motifs is 1. The standard InChI is InChI=1S/C17H16ClN3/c1-11(13-7-9-14(18)10-8-13)19-17-16-6-4-3-5-15(16)12(2)20-21-17/h3-11H,1-2H3,(H,19,21). The number of benzene rings is 2. The first-order valence-electron chi connectivity index (χ1n) is 6.89. The Bertz CT molecular complexity index is 769. The van der Waals surface area contributed by atoms with Gasteiger partial charge in [-0.2, -0.15) is 5.10 Å². The van der Waals surface area contributed by atoms with Gasteiger partial charge in [-0.25, -0.2) is 0 Å². The van der Waals surface area contributed by atoms with E-state index in [4.69, 9.17) is 11.6 Å². The van der Waals surface area contributed by atoms with E-state index in [1.165, 1.54) is 0 Å². The number of nitrogens with one attached hydrogen (secondary N) is 1. The molecule has 1 unspecified atom stereocenters. The zero-order valence-corrected chi connectivity index (χ0v) is 12.7. The van der Waals surface area contributed by atoms with Gasteiger partial charge in [0.15, 0.2) is 5.82 Å². The van der Waals surface area contributed by atoms with Crippen LogP contribution in [0.4, 0.5) is 5.82 Å². The van der Waals surface area contributed by atoms with Crippen LogP contribution >= 0.6 is 11.6 Å². The van der Waals surface area contributed by atoms with Gasteiger partial charge in [0.2, 0.25) is 0 Å². The van der Waals surface area contributed by atoms with Crippen molar-refractivity contribution in [3.05, 3.63) is 64.8 Å². The molecule has 2 aromatic carbocycles. The molecule has 0 radical (unpaired) electrons. The summed E-state index contributed by atoms with van der Waals surface area (Å²) in [5.74, 6) is 0.804. The van der Waals surface area contributed by atoms with E-state index in [-0.39, 0.29) is 6.04 Å². The first-order chi connectivity index (χ1) is 10.1. The number of aromatic nitrogens is 2. The van der Waals surface area contributed by atoms with Crippen molar-refractivity contribution in [2.75, 3.05) is 5.32 Å². The lowest BCUT2D eigenvalue weighted by Crippen LogP contribution is -2.09. The van der Waals surface area contributed by atoms with Crippen LogP contribution in [-0.4, -0.2) is 10.2 Å². The maximum Gasteiger partial charge on any atom is 0.157 e. The lowest BCUT2D eigenvalue weighted by molar-refractivity contribution is 0.862. The first kappa shape index (κ1) is 13.8. The number of aryl methyl sites for hydroxylation is 1. The molecule has 4 heteroatoms. The van der Waals surface area contributed by atoms with Gasteiger partial charge in [0, 0.05) is 15.8 Å². The lowest BCUT2D eigenvalue weighted by Gasteiger charge is -2.16. The molecule has 0 spiro atoms. The van der Waals surface area contributed by atoms with Crippen LogP contribution < -0.4 is 5.32 Å². The molecule has 0 saturated carbocycles. The summed E-state index contributed by atoms with van der Waals surface area (Å²) in [6.45, 7) is 4.07. The molecular weight excluding hydrogens is 282 g/mol. The number of anilines is 1. The summed E-state index contributed by atoms with van der Waals surface area (Å²) in [6, 6.07) is 16.1. The molecule has 1 atom stereocenters. The van der Waals surface area contributed by atoms with Gasteiger partial charge in [0.25, 0.3) is 0 Å². The second-order valence-electron chi connectivity index (χ2n) is 5.10. The van der Waals surface area contributed by atoms with E-state index < -0.39 is 0 Å². The summed E-state index contributed by atoms with van der Waals surface area (Å²) in [5, 5.41) is 14.9. The monoisotopic (exact) mass is 297 g/mol. The minimum Gasteiger partial charge on any atom is -0.362 e. The Hall–Kier alpha value is -2.13. The zero-order valence-electron chi connectivity index (χ0n) is 12.0. The molecule has 106 valence electrons. The smallest absolute Gasteiger partial charge is 0.157 e. The number of hydrogen-bond donors (Lipinski definition) is 1. The molecule has 1 heterocycles. The SMILES string of the molecule is Cc1nnc(NC(C)c2ccc(Cl)cc2)c2ccccc12. The molecule has 0 aliphatic carbocycles. The third-order valence-corrected chi connectivity index (χ3v) is 3.85. The maximum absolute atomic E-state index is 5.93. The Morgan fingerprint density at radius 2 is 1.62 bits per heavy atom. The second-order valence-corrected chi connectivity index (χ2v) is 5.53. The fourth-order valence-electron chi connectivity index (χ4n) is 2.38. The number of hydrogen-bond acceptors (Lipinski definition) is 3. The van der Waals surface area contributed by atoms with Crippen molar-refractivity contribution in [1.82, 2.24) is 10.2 Å². The van der Waals surface area contributed by atoms with Crippen LogP contribution in [0.15, 0.2) is 48.5 Å². The largest absolute Gasteiger partial charge is 0.362 e. The topological polar surface area (TPSA) is 37.8 Å². The van der Waals surface area contributed by atoms with Crippen LogP contribution in [0.25, 0.3) is 10.8 Å². The Morgan fingerprint density at radius 3 is 2.33 bits per heavy atom. The third-order valence-electron chi connectivity index (χ3n) is 3.60. The fraction of sp³-hybridized carbons (Fsp3) is 0.176. The zero-order chi connectivity index (χ0) is 14.8. The fourth-order valence-corrected chi connectivity index (χ4v) is 2.51. The van der Waals surface area contributed by atoms with Gasteiger partial charge in [0.1, 0.15) is 0 Å². The van der Waals surface area contributed by atoms with Gasteiger partial charge in [-0.15, -0.1) is 5.10 Å². The van der Waals surface area contributed by atoms with E-state index in [0.717, 1.165) is 32.9 Å². The second kappa shape index (κ2) is 5.70. The number of nitrogens with zero attached hydrogens (tertiary/aromatic N) is 2. The van der Waals surface area contributed by atoms with Crippen LogP contribution in [0.2, 0.25) is 5.02 Å². The Kier molecular flexibility index (Phi) is 3.76. The molecule has 21 heavy (non-hydrogen) atoms. The normalized spacial score (nSPS) is 12.3. The lowest BCUT2D eigenvalue weighted by atomic mass is 10.1. The summed E-state index contributed by atoms with van der Waals surface area (Å²) >= 11 is 5.93. The van der Waals surface area contributed by atoms with Crippen molar-refractivity contribution in [3.8, 4) is 0 Å². The van der Waals surface area contributed by atoms with Crippen molar-refractivity contribution >= 4 is 28.2 Å². The highest BCUT2D eigenvalue weighted by molar-refractivity contribution is 6.30. The summed E-state index contributed by atoms with van der Waals surface area (Å²) in [7, 11) is 0. The molecule has 0 aliphatic heterocycles. The molecular formula is C17H16ClN3. The molecule has 3 aromatic rings. The Labute approximate surface area is 129 Å². The van der Waals surface area contributed by atoms with Gasteiger partial charge in [-0.3, -0.25) is 0 Å². The van der Waals surface area contributed by atoms with Crippen molar-refractivity contribution in [2.24, 2.45) is 0 Å². The molecule has 0 amide bonds. The van der Waals surface area contributed by atoms with Gasteiger partial charge in [-0.05, 0) is 31.5 Å². The van der Waals surface area contributed by atoms with Crippen LogP contribution in [0.5, 0.6) is 0 Å². The highest BCUT2D eigenvalue weighted by atomic mass is 35.5. The quantitative estimate of drug-likeness (QED) is 0.757. The van der Waals surface area contributed by atoms with Gasteiger partial charge in [0.05, 0.1) is 11.7 Å². The molecule has 0 aliphatic rings. The van der Waals surface area contributed by atoms with Crippen LogP contribution in [0.3, 0.4) is 0 Å². The highest BCUT2D eigenvalue weighted by Crippen LogP contribution is 2.26. The predicted molar refractivity (Wildman–Crippen MR) is 87.8 cm³/mol. The van der Waals surface area contributed by atoms with E-state index in [1.54, 1.807) is 0 Å².